The number of halogens is 3. The van der Waals surface area contributed by atoms with Gasteiger partial charge in [0.2, 0.25) is 5.82 Å². The van der Waals surface area contributed by atoms with Crippen LogP contribution in [0.5, 0.6) is 23.1 Å². The van der Waals surface area contributed by atoms with E-state index in [1.54, 1.807) is 24.6 Å². The summed E-state index contributed by atoms with van der Waals surface area (Å²) in [6.45, 7) is 1.69. The third-order valence-electron chi connectivity index (χ3n) is 6.84. The van der Waals surface area contributed by atoms with Gasteiger partial charge in [0.15, 0.2) is 34.3 Å². The Bertz CT molecular complexity index is 1910. The first-order chi connectivity index (χ1) is 20.1. The van der Waals surface area contributed by atoms with Crippen molar-refractivity contribution in [1.82, 2.24) is 14.5 Å². The minimum atomic E-state index is -1.32. The van der Waals surface area contributed by atoms with E-state index in [4.69, 9.17) is 14.2 Å². The van der Waals surface area contributed by atoms with Crippen LogP contribution in [0.15, 0.2) is 65.7 Å². The Kier molecular flexibility index (Phi) is 7.66. The molecule has 3 aromatic heterocycles. The Hall–Kier alpha value is -5.19. The lowest BCUT2D eigenvalue weighted by Gasteiger charge is -2.14. The molecule has 5 aromatic rings. The summed E-state index contributed by atoms with van der Waals surface area (Å²) in [4.78, 5) is 35.0. The van der Waals surface area contributed by atoms with E-state index in [-0.39, 0.29) is 33.8 Å². The molecule has 11 heteroatoms. The molecule has 42 heavy (non-hydrogen) atoms. The number of aromatic nitrogens is 3. The summed E-state index contributed by atoms with van der Waals surface area (Å²) in [5.41, 5.74) is 0.724. The zero-order valence-electron chi connectivity index (χ0n) is 23.0. The lowest BCUT2D eigenvalue weighted by molar-refractivity contribution is 0.0990. The van der Waals surface area contributed by atoms with Crippen molar-refractivity contribution in [3.05, 3.63) is 105 Å². The highest BCUT2D eigenvalue weighted by molar-refractivity contribution is 5.98. The van der Waals surface area contributed by atoms with Gasteiger partial charge in [-0.25, -0.2) is 13.8 Å². The average Bonchev–Trinajstić information content (AvgIpc) is 2.99. The Morgan fingerprint density at radius 3 is 2.36 bits per heavy atom. The van der Waals surface area contributed by atoms with Crippen molar-refractivity contribution in [2.24, 2.45) is 7.05 Å². The smallest absolute Gasteiger partial charge is 0.257 e. The topological polar surface area (TPSA) is 92.5 Å². The van der Waals surface area contributed by atoms with Crippen molar-refractivity contribution >= 4 is 16.8 Å². The van der Waals surface area contributed by atoms with E-state index in [0.29, 0.717) is 22.5 Å². The lowest BCUT2D eigenvalue weighted by Crippen LogP contribution is -2.23. The van der Waals surface area contributed by atoms with Crippen LogP contribution in [-0.2, 0) is 13.5 Å². The summed E-state index contributed by atoms with van der Waals surface area (Å²) in [5, 5.41) is 0. The molecule has 0 atom stereocenters. The van der Waals surface area contributed by atoms with Crippen LogP contribution in [0.25, 0.3) is 22.2 Å². The molecule has 0 aliphatic carbocycles. The van der Waals surface area contributed by atoms with Gasteiger partial charge < -0.3 is 18.8 Å². The molecule has 0 spiro atoms. The fraction of sp³-hybridized carbons (Fsp3) is 0.161. The molecule has 5 rings (SSSR count). The van der Waals surface area contributed by atoms with Crippen molar-refractivity contribution in [1.29, 1.82) is 0 Å². The van der Waals surface area contributed by atoms with Crippen molar-refractivity contribution in [3.8, 4) is 34.3 Å². The van der Waals surface area contributed by atoms with E-state index >= 15 is 8.78 Å². The standard InChI is InChI=1S/C31H24F3N3O5/c1-16-26(17-5-8-19(32)9-6-17)30(39)20(15-37(16)2)22(38)13-18-7-10-23(28(34)27(18)33)42-24-11-12-35-21-14-25(40-3)31(41-4)36-29(21)24/h5-12,14-15H,13H2,1-4H3. The van der Waals surface area contributed by atoms with Gasteiger partial charge in [0.25, 0.3) is 5.88 Å². The number of hydrogen-bond acceptors (Lipinski definition) is 7. The molecule has 0 aliphatic rings. The molecule has 0 aliphatic heterocycles. The van der Waals surface area contributed by atoms with E-state index in [9.17, 15) is 14.0 Å². The Morgan fingerprint density at radius 2 is 1.67 bits per heavy atom. The quantitative estimate of drug-likeness (QED) is 0.211. The number of benzene rings is 2. The minimum absolute atomic E-state index is 0.0829. The van der Waals surface area contributed by atoms with Gasteiger partial charge in [-0.3, -0.25) is 14.6 Å². The number of pyridine rings is 3. The molecule has 0 N–H and O–H groups in total. The van der Waals surface area contributed by atoms with Crippen molar-refractivity contribution in [2.45, 2.75) is 13.3 Å². The van der Waals surface area contributed by atoms with E-state index in [1.165, 1.54) is 69.1 Å². The molecule has 2 aromatic carbocycles. The van der Waals surface area contributed by atoms with Crippen molar-refractivity contribution in [2.75, 3.05) is 14.2 Å². The highest BCUT2D eigenvalue weighted by atomic mass is 19.2. The van der Waals surface area contributed by atoms with Crippen LogP contribution in [-0.4, -0.2) is 34.5 Å². The van der Waals surface area contributed by atoms with E-state index in [1.807, 2.05) is 0 Å². The van der Waals surface area contributed by atoms with Crippen LogP contribution in [0.4, 0.5) is 13.2 Å². The second-order valence-corrected chi connectivity index (χ2v) is 9.38. The Morgan fingerprint density at radius 1 is 0.929 bits per heavy atom. The molecule has 0 saturated heterocycles. The van der Waals surface area contributed by atoms with Crippen LogP contribution in [0.2, 0.25) is 0 Å². The summed E-state index contributed by atoms with van der Waals surface area (Å²) in [5.74, 6) is -3.70. The van der Waals surface area contributed by atoms with E-state index in [0.717, 1.165) is 0 Å². The maximum atomic E-state index is 15.2. The Labute approximate surface area is 238 Å². The van der Waals surface area contributed by atoms with E-state index < -0.39 is 40.8 Å². The number of rotatable bonds is 8. The van der Waals surface area contributed by atoms with Crippen LogP contribution in [0.1, 0.15) is 21.6 Å². The van der Waals surface area contributed by atoms with Gasteiger partial charge in [-0.1, -0.05) is 18.2 Å². The first-order valence-corrected chi connectivity index (χ1v) is 12.6. The monoisotopic (exact) mass is 575 g/mol. The van der Waals surface area contributed by atoms with Crippen LogP contribution in [0.3, 0.4) is 0 Å². The molecule has 0 fully saturated rings. The predicted octanol–water partition coefficient (Wildman–Crippen LogP) is 5.96. The number of ketones is 1. The maximum Gasteiger partial charge on any atom is 0.257 e. The van der Waals surface area contributed by atoms with Crippen molar-refractivity contribution in [3.63, 3.8) is 0 Å². The SMILES string of the molecule is COc1cc2nccc(Oc3ccc(CC(=O)c4cn(C)c(C)c(-c5ccc(F)cc5)c4=O)c(F)c3F)c2nc1OC. The molecule has 3 heterocycles. The van der Waals surface area contributed by atoms with Gasteiger partial charge in [-0.15, -0.1) is 0 Å². The van der Waals surface area contributed by atoms with Gasteiger partial charge in [0.1, 0.15) is 11.3 Å². The summed E-state index contributed by atoms with van der Waals surface area (Å²) in [6.07, 6.45) is 2.18. The zero-order chi connectivity index (χ0) is 30.1. The molecular formula is C31H24F3N3O5. The summed E-state index contributed by atoms with van der Waals surface area (Å²) < 4.78 is 61.5. The molecule has 0 bridgehead atoms. The summed E-state index contributed by atoms with van der Waals surface area (Å²) in [6, 6.07) is 10.7. The predicted molar refractivity (Wildman–Crippen MR) is 149 cm³/mol. The highest BCUT2D eigenvalue weighted by Crippen LogP contribution is 2.35. The summed E-state index contributed by atoms with van der Waals surface area (Å²) >= 11 is 0. The molecular weight excluding hydrogens is 551 g/mol. The normalized spacial score (nSPS) is 11.0. The largest absolute Gasteiger partial charge is 0.491 e. The zero-order valence-corrected chi connectivity index (χ0v) is 23.0. The van der Waals surface area contributed by atoms with Gasteiger partial charge in [0.05, 0.1) is 25.3 Å². The number of fused-ring (bicyclic) bond motifs is 1. The highest BCUT2D eigenvalue weighted by Gasteiger charge is 2.23. The summed E-state index contributed by atoms with van der Waals surface area (Å²) in [7, 11) is 4.49. The number of nitrogens with zero attached hydrogens (tertiary/aromatic N) is 3. The van der Waals surface area contributed by atoms with Gasteiger partial charge >= 0.3 is 0 Å². The fourth-order valence-corrected chi connectivity index (χ4v) is 4.54. The number of carbonyl (C=O) groups excluding carboxylic acids is 1. The number of aryl methyl sites for hydroxylation is 1. The van der Waals surface area contributed by atoms with Crippen LogP contribution < -0.4 is 19.6 Å². The molecule has 0 radical (unpaired) electrons. The second kappa shape index (κ2) is 11.4. The molecule has 214 valence electrons. The molecule has 0 amide bonds. The number of ether oxygens (including phenoxy) is 3. The van der Waals surface area contributed by atoms with E-state index in [2.05, 4.69) is 9.97 Å². The number of Topliss-reactive ketones (excluding diaryl/α,β-unsaturated/α-hetero) is 1. The van der Waals surface area contributed by atoms with Gasteiger partial charge in [-0.05, 0) is 36.2 Å². The molecule has 0 unspecified atom stereocenters. The van der Waals surface area contributed by atoms with Crippen molar-refractivity contribution < 1.29 is 32.2 Å². The Balaban J connectivity index is 1.46. The fourth-order valence-electron chi connectivity index (χ4n) is 4.54. The molecule has 0 saturated carbocycles. The van der Waals surface area contributed by atoms with Gasteiger partial charge in [-0.2, -0.15) is 4.39 Å². The lowest BCUT2D eigenvalue weighted by atomic mass is 9.97. The number of carbonyl (C=O) groups is 1. The van der Waals surface area contributed by atoms with Crippen LogP contribution >= 0.6 is 0 Å². The number of hydrogen-bond donors (Lipinski definition) is 0. The van der Waals surface area contributed by atoms with Gasteiger partial charge in [0, 0.05) is 49.3 Å². The third kappa shape index (κ3) is 5.16. The second-order valence-electron chi connectivity index (χ2n) is 9.38. The first-order valence-electron chi connectivity index (χ1n) is 12.6. The number of methoxy groups -OCH3 is 2. The first kappa shape index (κ1) is 28.3. The minimum Gasteiger partial charge on any atom is -0.491 e. The average molecular weight is 576 g/mol. The third-order valence-corrected chi connectivity index (χ3v) is 6.84. The maximum absolute atomic E-state index is 15.2. The molecule has 8 nitrogen and oxygen atoms in total. The van der Waals surface area contributed by atoms with Crippen LogP contribution in [0, 0.1) is 24.4 Å².